The second kappa shape index (κ2) is 5.26. The van der Waals surface area contributed by atoms with Gasteiger partial charge in [-0.05, 0) is 38.1 Å². The van der Waals surface area contributed by atoms with Gasteiger partial charge in [0.1, 0.15) is 5.75 Å². The maximum absolute atomic E-state index is 11.6. The fourth-order valence-electron chi connectivity index (χ4n) is 1.16. The highest BCUT2D eigenvalue weighted by Crippen LogP contribution is 2.14. The Morgan fingerprint density at radius 1 is 1.35 bits per heavy atom. The van der Waals surface area contributed by atoms with Crippen LogP contribution in [0.25, 0.3) is 0 Å². The zero-order valence-electron chi connectivity index (χ0n) is 10.2. The van der Waals surface area contributed by atoms with Gasteiger partial charge in [-0.1, -0.05) is 5.92 Å². The van der Waals surface area contributed by atoms with Gasteiger partial charge < -0.3 is 15.4 Å². The molecule has 0 radical (unpaired) electrons. The molecule has 4 heteroatoms. The molecule has 0 aliphatic carbocycles. The Bertz CT molecular complexity index is 430. The largest absolute Gasteiger partial charge is 0.497 e. The molecule has 0 unspecified atom stereocenters. The Balaban J connectivity index is 2.60. The Labute approximate surface area is 101 Å². The van der Waals surface area contributed by atoms with Crippen molar-refractivity contribution in [3.05, 3.63) is 24.3 Å². The summed E-state index contributed by atoms with van der Waals surface area (Å²) in [6.45, 7) is 3.50. The van der Waals surface area contributed by atoms with Crippen molar-refractivity contribution in [3.63, 3.8) is 0 Å². The zero-order valence-corrected chi connectivity index (χ0v) is 10.2. The number of methoxy groups -OCH3 is 1. The summed E-state index contributed by atoms with van der Waals surface area (Å²) < 4.78 is 5.02. The molecule has 0 saturated carbocycles. The third-order valence-electron chi connectivity index (χ3n) is 2.13. The minimum Gasteiger partial charge on any atom is -0.497 e. The summed E-state index contributed by atoms with van der Waals surface area (Å²) in [4.78, 5) is 11.6. The van der Waals surface area contributed by atoms with Crippen molar-refractivity contribution in [2.75, 3.05) is 12.4 Å². The minimum atomic E-state index is -0.670. The Morgan fingerprint density at radius 3 is 2.41 bits per heavy atom. The average molecular weight is 232 g/mol. The van der Waals surface area contributed by atoms with Gasteiger partial charge in [0, 0.05) is 5.69 Å². The zero-order chi connectivity index (χ0) is 12.9. The van der Waals surface area contributed by atoms with Crippen molar-refractivity contribution in [1.29, 1.82) is 0 Å². The van der Waals surface area contributed by atoms with Crippen molar-refractivity contribution < 1.29 is 9.53 Å². The molecular formula is C13H16N2O2. The van der Waals surface area contributed by atoms with Crippen LogP contribution in [0.1, 0.15) is 13.8 Å². The van der Waals surface area contributed by atoms with E-state index >= 15 is 0 Å². The standard InChI is InChI=1S/C13H16N2O2/c1-5-13(2,3)15-12(16)14-10-6-8-11(17-4)9-7-10/h1,6-9H,2-4H3,(H2,14,15,16). The number of amides is 2. The van der Waals surface area contributed by atoms with Gasteiger partial charge in [0.25, 0.3) is 0 Å². The molecule has 0 aliphatic heterocycles. The highest BCUT2D eigenvalue weighted by molar-refractivity contribution is 5.90. The Morgan fingerprint density at radius 2 is 1.94 bits per heavy atom. The van der Waals surface area contributed by atoms with Gasteiger partial charge in [-0.15, -0.1) is 6.42 Å². The van der Waals surface area contributed by atoms with Crippen LogP contribution in [0.15, 0.2) is 24.3 Å². The fourth-order valence-corrected chi connectivity index (χ4v) is 1.16. The first-order valence-electron chi connectivity index (χ1n) is 5.18. The first kappa shape index (κ1) is 12.9. The summed E-state index contributed by atoms with van der Waals surface area (Å²) in [5.74, 6) is 3.22. The van der Waals surface area contributed by atoms with E-state index in [-0.39, 0.29) is 6.03 Å². The van der Waals surface area contributed by atoms with Crippen molar-refractivity contribution in [2.24, 2.45) is 0 Å². The minimum absolute atomic E-state index is 0.335. The van der Waals surface area contributed by atoms with E-state index in [1.165, 1.54) is 0 Å². The van der Waals surface area contributed by atoms with Crippen molar-refractivity contribution in [3.8, 4) is 18.1 Å². The number of hydrogen-bond donors (Lipinski definition) is 2. The molecular weight excluding hydrogens is 216 g/mol. The first-order chi connectivity index (χ1) is 7.96. The molecule has 0 bridgehead atoms. The Hall–Kier alpha value is -2.15. The number of carbonyl (C=O) groups is 1. The van der Waals surface area contributed by atoms with E-state index in [2.05, 4.69) is 16.6 Å². The number of anilines is 1. The maximum atomic E-state index is 11.6. The lowest BCUT2D eigenvalue weighted by molar-refractivity contribution is 0.247. The molecule has 4 nitrogen and oxygen atoms in total. The van der Waals surface area contributed by atoms with Gasteiger partial charge in [-0.25, -0.2) is 4.79 Å². The van der Waals surface area contributed by atoms with E-state index in [9.17, 15) is 4.79 Å². The predicted molar refractivity (Wildman–Crippen MR) is 68.1 cm³/mol. The molecule has 90 valence electrons. The van der Waals surface area contributed by atoms with Crippen LogP contribution in [0, 0.1) is 12.3 Å². The summed E-state index contributed by atoms with van der Waals surface area (Å²) in [5.41, 5.74) is 0.00688. The number of terminal acetylenes is 1. The van der Waals surface area contributed by atoms with E-state index in [4.69, 9.17) is 11.2 Å². The van der Waals surface area contributed by atoms with Gasteiger partial charge in [0.15, 0.2) is 0 Å². The van der Waals surface area contributed by atoms with Crippen molar-refractivity contribution >= 4 is 11.7 Å². The Kier molecular flexibility index (Phi) is 4.00. The van der Waals surface area contributed by atoms with Crippen LogP contribution in [-0.4, -0.2) is 18.7 Å². The smallest absolute Gasteiger partial charge is 0.320 e. The normalized spacial score (nSPS) is 10.2. The van der Waals surface area contributed by atoms with Gasteiger partial charge in [-0.3, -0.25) is 0 Å². The average Bonchev–Trinajstić information content (AvgIpc) is 2.29. The molecule has 1 aromatic carbocycles. The number of ether oxygens (including phenoxy) is 1. The molecule has 0 aromatic heterocycles. The second-order valence-electron chi connectivity index (χ2n) is 4.08. The summed E-state index contributed by atoms with van der Waals surface area (Å²) in [6, 6.07) is 6.70. The van der Waals surface area contributed by atoms with E-state index in [0.717, 1.165) is 5.75 Å². The maximum Gasteiger partial charge on any atom is 0.320 e. The molecule has 0 atom stereocenters. The molecule has 1 rings (SSSR count). The lowest BCUT2D eigenvalue weighted by Crippen LogP contribution is -2.44. The first-order valence-corrected chi connectivity index (χ1v) is 5.18. The third-order valence-corrected chi connectivity index (χ3v) is 2.13. The fraction of sp³-hybridized carbons (Fsp3) is 0.308. The second-order valence-corrected chi connectivity index (χ2v) is 4.08. The van der Waals surface area contributed by atoms with Crippen LogP contribution in [-0.2, 0) is 0 Å². The number of nitrogens with one attached hydrogen (secondary N) is 2. The number of hydrogen-bond acceptors (Lipinski definition) is 2. The van der Waals surface area contributed by atoms with Crippen LogP contribution in [0.5, 0.6) is 5.75 Å². The van der Waals surface area contributed by atoms with Crippen LogP contribution in [0.3, 0.4) is 0 Å². The van der Waals surface area contributed by atoms with Crippen LogP contribution in [0.2, 0.25) is 0 Å². The van der Waals surface area contributed by atoms with Gasteiger partial charge in [0.2, 0.25) is 0 Å². The topological polar surface area (TPSA) is 50.4 Å². The highest BCUT2D eigenvalue weighted by atomic mass is 16.5. The van der Waals surface area contributed by atoms with E-state index < -0.39 is 5.54 Å². The molecule has 0 spiro atoms. The molecule has 17 heavy (non-hydrogen) atoms. The molecule has 1 aromatic rings. The molecule has 0 heterocycles. The molecule has 0 fully saturated rings. The van der Waals surface area contributed by atoms with Crippen LogP contribution in [0.4, 0.5) is 10.5 Å². The van der Waals surface area contributed by atoms with E-state index in [0.29, 0.717) is 5.69 Å². The lowest BCUT2D eigenvalue weighted by Gasteiger charge is -2.19. The number of urea groups is 1. The summed E-state index contributed by atoms with van der Waals surface area (Å²) in [7, 11) is 1.59. The summed E-state index contributed by atoms with van der Waals surface area (Å²) in [5, 5.41) is 5.35. The SMILES string of the molecule is C#CC(C)(C)NC(=O)Nc1ccc(OC)cc1. The quantitative estimate of drug-likeness (QED) is 0.785. The lowest BCUT2D eigenvalue weighted by atomic mass is 10.1. The number of rotatable bonds is 3. The highest BCUT2D eigenvalue weighted by Gasteiger charge is 2.16. The summed E-state index contributed by atoms with van der Waals surface area (Å²) >= 11 is 0. The molecule has 0 saturated heterocycles. The van der Waals surface area contributed by atoms with Gasteiger partial charge in [-0.2, -0.15) is 0 Å². The summed E-state index contributed by atoms with van der Waals surface area (Å²) in [6.07, 6.45) is 5.28. The van der Waals surface area contributed by atoms with Crippen molar-refractivity contribution in [1.82, 2.24) is 5.32 Å². The van der Waals surface area contributed by atoms with Crippen molar-refractivity contribution in [2.45, 2.75) is 19.4 Å². The number of carbonyl (C=O) groups excluding carboxylic acids is 1. The van der Waals surface area contributed by atoms with Crippen LogP contribution < -0.4 is 15.4 Å². The van der Waals surface area contributed by atoms with Crippen LogP contribution >= 0.6 is 0 Å². The molecule has 0 aliphatic rings. The molecule has 2 N–H and O–H groups in total. The predicted octanol–water partition coefficient (Wildman–Crippen LogP) is 2.23. The van der Waals surface area contributed by atoms with E-state index in [1.807, 2.05) is 0 Å². The van der Waals surface area contributed by atoms with E-state index in [1.54, 1.807) is 45.2 Å². The monoisotopic (exact) mass is 232 g/mol. The molecule has 2 amide bonds. The van der Waals surface area contributed by atoms with Gasteiger partial charge in [0.05, 0.1) is 12.6 Å². The third kappa shape index (κ3) is 4.07. The van der Waals surface area contributed by atoms with Gasteiger partial charge >= 0.3 is 6.03 Å². The number of benzene rings is 1.